The van der Waals surface area contributed by atoms with Crippen molar-refractivity contribution in [1.29, 1.82) is 0 Å². The largest absolute Gasteiger partial charge is 0.306 e. The number of hydrogen-bond acceptors (Lipinski definition) is 2. The molecule has 0 aliphatic heterocycles. The van der Waals surface area contributed by atoms with Gasteiger partial charge in [-0.3, -0.25) is 0 Å². The number of rotatable bonds is 3. The molecule has 0 saturated carbocycles. The van der Waals surface area contributed by atoms with Crippen molar-refractivity contribution in [1.82, 2.24) is 0 Å². The van der Waals surface area contributed by atoms with E-state index in [0.717, 1.165) is 25.9 Å². The van der Waals surface area contributed by atoms with Crippen LogP contribution in [-0.2, 0) is 0 Å². The Kier molecular flexibility index (Phi) is 4.79. The Morgan fingerprint density at radius 1 is 0.526 bits per heavy atom. The molecule has 8 aromatic rings. The van der Waals surface area contributed by atoms with Gasteiger partial charge in [-0.15, -0.1) is 11.3 Å². The van der Waals surface area contributed by atoms with E-state index in [1.165, 1.54) is 42.4 Å². The fourth-order valence-electron chi connectivity index (χ4n) is 5.88. The molecule has 0 radical (unpaired) electrons. The summed E-state index contributed by atoms with van der Waals surface area (Å²) in [6, 6.07) is 39.2. The van der Waals surface area contributed by atoms with Crippen LogP contribution in [0.3, 0.4) is 0 Å². The van der Waals surface area contributed by atoms with Crippen molar-refractivity contribution in [2.24, 2.45) is 0 Å². The van der Waals surface area contributed by atoms with Gasteiger partial charge in [0.1, 0.15) is 5.82 Å². The van der Waals surface area contributed by atoms with Gasteiger partial charge in [-0.05, 0) is 63.3 Å². The van der Waals surface area contributed by atoms with Crippen molar-refractivity contribution in [3.63, 3.8) is 0 Å². The maximum Gasteiger partial charge on any atom is 0.147 e. The summed E-state index contributed by atoms with van der Waals surface area (Å²) in [5.74, 6) is -0.251. The Balaban J connectivity index is 1.52. The van der Waals surface area contributed by atoms with Crippen LogP contribution in [0.25, 0.3) is 52.5 Å². The van der Waals surface area contributed by atoms with Crippen molar-refractivity contribution in [3.05, 3.63) is 126 Å². The first-order valence-corrected chi connectivity index (χ1v) is 14.1. The third kappa shape index (κ3) is 3.08. The molecular formula is C34H19BrFNS. The Morgan fingerprint density at radius 3 is 2.05 bits per heavy atom. The van der Waals surface area contributed by atoms with Gasteiger partial charge in [-0.25, -0.2) is 4.39 Å². The van der Waals surface area contributed by atoms with Crippen LogP contribution in [0.2, 0.25) is 0 Å². The summed E-state index contributed by atoms with van der Waals surface area (Å²) < 4.78 is 19.1. The van der Waals surface area contributed by atoms with Crippen molar-refractivity contribution in [2.75, 3.05) is 4.90 Å². The molecule has 180 valence electrons. The van der Waals surface area contributed by atoms with Gasteiger partial charge >= 0.3 is 0 Å². The highest BCUT2D eigenvalue weighted by Crippen LogP contribution is 2.48. The standard InChI is InChI=1S/C34H19BrFNS/c35-26-18-14-20-13-17-25-28(19-15-21-12-16-24(26)32(20)33(21)25)37(29-9-3-2-8-27(29)36)30-10-5-7-23-22-6-1-4-11-31(22)38-34(23)30/h1-19H. The minimum atomic E-state index is -0.251. The zero-order valence-electron chi connectivity index (χ0n) is 20.1. The summed E-state index contributed by atoms with van der Waals surface area (Å²) in [6.45, 7) is 0. The first kappa shape index (κ1) is 22.0. The van der Waals surface area contributed by atoms with Gasteiger partial charge in [0.25, 0.3) is 0 Å². The number of fused-ring (bicyclic) bond motifs is 3. The van der Waals surface area contributed by atoms with Gasteiger partial charge in [-0.1, -0.05) is 94.8 Å². The first-order chi connectivity index (χ1) is 18.7. The Morgan fingerprint density at radius 2 is 1.18 bits per heavy atom. The van der Waals surface area contributed by atoms with E-state index in [0.29, 0.717) is 5.69 Å². The molecular weight excluding hydrogens is 553 g/mol. The Labute approximate surface area is 230 Å². The molecule has 1 heterocycles. The number of nitrogens with zero attached hydrogens (tertiary/aromatic N) is 1. The van der Waals surface area contributed by atoms with Gasteiger partial charge in [0, 0.05) is 25.3 Å². The predicted octanol–water partition coefficient (Wildman–Crippen LogP) is 11.3. The Bertz CT molecular complexity index is 2180. The summed E-state index contributed by atoms with van der Waals surface area (Å²) in [4.78, 5) is 2.11. The molecule has 7 aromatic carbocycles. The third-order valence-corrected chi connectivity index (χ3v) is 9.45. The monoisotopic (exact) mass is 571 g/mol. The van der Waals surface area contributed by atoms with Crippen molar-refractivity contribution >= 4 is 96.8 Å². The smallest absolute Gasteiger partial charge is 0.147 e. The maximum absolute atomic E-state index is 15.6. The Hall–Kier alpha value is -3.99. The number of thiophene rings is 1. The van der Waals surface area contributed by atoms with Crippen LogP contribution in [0, 0.1) is 5.82 Å². The van der Waals surface area contributed by atoms with Gasteiger partial charge in [-0.2, -0.15) is 0 Å². The molecule has 8 rings (SSSR count). The van der Waals surface area contributed by atoms with Crippen LogP contribution in [0.5, 0.6) is 0 Å². The second-order valence-corrected chi connectivity index (χ2v) is 11.5. The number of anilines is 3. The highest BCUT2D eigenvalue weighted by atomic mass is 79.9. The zero-order chi connectivity index (χ0) is 25.4. The molecule has 0 amide bonds. The van der Waals surface area contributed by atoms with Crippen LogP contribution in [0.4, 0.5) is 21.5 Å². The highest BCUT2D eigenvalue weighted by molar-refractivity contribution is 9.10. The van der Waals surface area contributed by atoms with E-state index in [2.05, 4.69) is 112 Å². The van der Waals surface area contributed by atoms with Gasteiger partial charge in [0.15, 0.2) is 0 Å². The lowest BCUT2D eigenvalue weighted by Crippen LogP contribution is -2.12. The fraction of sp³-hybridized carbons (Fsp3) is 0. The molecule has 0 unspecified atom stereocenters. The van der Waals surface area contributed by atoms with Crippen molar-refractivity contribution in [3.8, 4) is 0 Å². The van der Waals surface area contributed by atoms with Crippen LogP contribution < -0.4 is 4.90 Å². The third-order valence-electron chi connectivity index (χ3n) is 7.55. The lowest BCUT2D eigenvalue weighted by atomic mass is 9.93. The van der Waals surface area contributed by atoms with Crippen LogP contribution >= 0.6 is 27.3 Å². The molecule has 0 atom stereocenters. The van der Waals surface area contributed by atoms with E-state index < -0.39 is 0 Å². The molecule has 0 aliphatic rings. The molecule has 0 fully saturated rings. The molecule has 0 saturated heterocycles. The van der Waals surface area contributed by atoms with Crippen molar-refractivity contribution in [2.45, 2.75) is 0 Å². The predicted molar refractivity (Wildman–Crippen MR) is 165 cm³/mol. The molecule has 38 heavy (non-hydrogen) atoms. The highest BCUT2D eigenvalue weighted by Gasteiger charge is 2.23. The van der Waals surface area contributed by atoms with E-state index in [-0.39, 0.29) is 5.82 Å². The van der Waals surface area contributed by atoms with E-state index in [4.69, 9.17) is 0 Å². The van der Waals surface area contributed by atoms with E-state index in [1.807, 2.05) is 12.1 Å². The lowest BCUT2D eigenvalue weighted by molar-refractivity contribution is 0.629. The van der Waals surface area contributed by atoms with Crippen molar-refractivity contribution < 1.29 is 4.39 Å². The quantitative estimate of drug-likeness (QED) is 0.190. The summed E-state index contributed by atoms with van der Waals surface area (Å²) in [6.07, 6.45) is 0. The van der Waals surface area contributed by atoms with E-state index in [9.17, 15) is 0 Å². The van der Waals surface area contributed by atoms with Gasteiger partial charge in [0.05, 0.1) is 21.8 Å². The molecule has 0 aliphatic carbocycles. The summed E-state index contributed by atoms with van der Waals surface area (Å²) >= 11 is 5.51. The average molecular weight is 573 g/mol. The summed E-state index contributed by atoms with van der Waals surface area (Å²) in [5, 5.41) is 9.49. The fourth-order valence-corrected chi connectivity index (χ4v) is 7.54. The number of hydrogen-bond donors (Lipinski definition) is 0. The minimum absolute atomic E-state index is 0.251. The number of halogens is 2. The summed E-state index contributed by atoms with van der Waals surface area (Å²) in [5.41, 5.74) is 2.47. The zero-order valence-corrected chi connectivity index (χ0v) is 22.5. The lowest BCUT2D eigenvalue weighted by Gasteiger charge is -2.28. The minimum Gasteiger partial charge on any atom is -0.306 e. The second kappa shape index (κ2) is 8.26. The first-order valence-electron chi connectivity index (χ1n) is 12.5. The molecule has 1 nitrogen and oxygen atoms in total. The normalized spacial score (nSPS) is 11.9. The second-order valence-electron chi connectivity index (χ2n) is 9.59. The van der Waals surface area contributed by atoms with Crippen LogP contribution in [-0.4, -0.2) is 0 Å². The summed E-state index contributed by atoms with van der Waals surface area (Å²) in [7, 11) is 0. The number of para-hydroxylation sites is 1. The number of benzene rings is 7. The molecule has 0 bridgehead atoms. The molecule has 4 heteroatoms. The molecule has 0 N–H and O–H groups in total. The van der Waals surface area contributed by atoms with Crippen LogP contribution in [0.1, 0.15) is 0 Å². The average Bonchev–Trinajstić information content (AvgIpc) is 3.34. The van der Waals surface area contributed by atoms with Crippen LogP contribution in [0.15, 0.2) is 120 Å². The maximum atomic E-state index is 15.6. The molecule has 0 spiro atoms. The SMILES string of the molecule is Fc1ccccc1N(c1ccc2ccc3c(Br)ccc4ccc1c2c43)c1cccc2c1sc1ccccc12. The topological polar surface area (TPSA) is 3.24 Å². The van der Waals surface area contributed by atoms with E-state index >= 15 is 4.39 Å². The molecule has 1 aromatic heterocycles. The van der Waals surface area contributed by atoms with E-state index in [1.54, 1.807) is 23.5 Å². The van der Waals surface area contributed by atoms with Gasteiger partial charge < -0.3 is 4.90 Å². The van der Waals surface area contributed by atoms with Gasteiger partial charge in [0.2, 0.25) is 0 Å².